The molecule has 1 heterocycles. The van der Waals surface area contributed by atoms with Gasteiger partial charge in [-0.2, -0.15) is 0 Å². The molecule has 1 atom stereocenters. The highest BCUT2D eigenvalue weighted by molar-refractivity contribution is 5.81. The molecule has 1 aliphatic heterocycles. The molecule has 0 saturated carbocycles. The van der Waals surface area contributed by atoms with Gasteiger partial charge >= 0.3 is 0 Å². The Bertz CT molecular complexity index is 813. The molecule has 1 aliphatic rings. The van der Waals surface area contributed by atoms with Crippen LogP contribution in [0, 0.1) is 13.8 Å². The number of ether oxygens (including phenoxy) is 2. The van der Waals surface area contributed by atoms with Gasteiger partial charge in [0.05, 0.1) is 12.8 Å². The molecule has 5 heteroatoms. The summed E-state index contributed by atoms with van der Waals surface area (Å²) in [4.78, 5) is 17.2. The number of piperazine rings is 1. The van der Waals surface area contributed by atoms with Crippen LogP contribution in [-0.2, 0) is 4.79 Å². The van der Waals surface area contributed by atoms with Crippen molar-refractivity contribution in [2.45, 2.75) is 33.3 Å². The molecular formula is C23H30N2O3. The van der Waals surface area contributed by atoms with E-state index in [9.17, 15) is 4.79 Å². The van der Waals surface area contributed by atoms with Crippen LogP contribution in [0.3, 0.4) is 0 Å². The first-order chi connectivity index (χ1) is 13.5. The van der Waals surface area contributed by atoms with E-state index < -0.39 is 6.10 Å². The molecule has 1 amide bonds. The number of benzene rings is 2. The third-order valence-electron chi connectivity index (χ3n) is 5.26. The predicted molar refractivity (Wildman–Crippen MR) is 112 cm³/mol. The first kappa shape index (κ1) is 20.1. The normalized spacial score (nSPS) is 15.3. The van der Waals surface area contributed by atoms with Crippen molar-refractivity contribution < 1.29 is 14.3 Å². The van der Waals surface area contributed by atoms with Crippen LogP contribution in [0.25, 0.3) is 0 Å². The van der Waals surface area contributed by atoms with Gasteiger partial charge in [-0.1, -0.05) is 36.8 Å². The topological polar surface area (TPSA) is 42.0 Å². The Kier molecular flexibility index (Phi) is 6.45. The van der Waals surface area contributed by atoms with E-state index in [1.165, 1.54) is 5.56 Å². The number of rotatable bonds is 6. The summed E-state index contributed by atoms with van der Waals surface area (Å²) in [6, 6.07) is 14.1. The van der Waals surface area contributed by atoms with Crippen molar-refractivity contribution in [1.29, 1.82) is 0 Å². The van der Waals surface area contributed by atoms with Gasteiger partial charge in [0.2, 0.25) is 0 Å². The van der Waals surface area contributed by atoms with Crippen LogP contribution in [-0.4, -0.2) is 50.2 Å². The molecule has 28 heavy (non-hydrogen) atoms. The number of anilines is 1. The Labute approximate surface area is 167 Å². The van der Waals surface area contributed by atoms with Crippen LogP contribution in [0.1, 0.15) is 24.5 Å². The summed E-state index contributed by atoms with van der Waals surface area (Å²) >= 11 is 0. The Morgan fingerprint density at radius 3 is 2.39 bits per heavy atom. The van der Waals surface area contributed by atoms with Gasteiger partial charge in [-0.15, -0.1) is 0 Å². The van der Waals surface area contributed by atoms with E-state index in [-0.39, 0.29) is 5.91 Å². The smallest absolute Gasteiger partial charge is 0.263 e. The molecule has 0 N–H and O–H groups in total. The maximum Gasteiger partial charge on any atom is 0.263 e. The summed E-state index contributed by atoms with van der Waals surface area (Å²) in [6.07, 6.45) is 0.206. The number of methoxy groups -OCH3 is 1. The standard InChI is InChI=1S/C23H30N2O3/c1-5-20(28-21-11-10-17(2)16-18(21)3)23(26)25-14-12-24(13-15-25)19-8-6-7-9-22(19)27-4/h6-11,16,20H,5,12-15H2,1-4H3/t20-/m1/s1. The second kappa shape index (κ2) is 9.00. The fourth-order valence-electron chi connectivity index (χ4n) is 3.66. The molecule has 0 aromatic heterocycles. The number of carbonyl (C=O) groups is 1. The number of hydrogen-bond acceptors (Lipinski definition) is 4. The van der Waals surface area contributed by atoms with Crippen molar-refractivity contribution in [3.63, 3.8) is 0 Å². The van der Waals surface area contributed by atoms with E-state index in [1.807, 2.05) is 49.1 Å². The molecule has 0 spiro atoms. The SMILES string of the molecule is CC[C@@H](Oc1ccc(C)cc1C)C(=O)N1CCN(c2ccccc2OC)CC1. The highest BCUT2D eigenvalue weighted by atomic mass is 16.5. The Morgan fingerprint density at radius 1 is 1.04 bits per heavy atom. The number of hydrogen-bond donors (Lipinski definition) is 0. The van der Waals surface area contributed by atoms with Crippen LogP contribution in [0.4, 0.5) is 5.69 Å². The Morgan fingerprint density at radius 2 is 1.75 bits per heavy atom. The second-order valence-corrected chi connectivity index (χ2v) is 7.27. The van der Waals surface area contributed by atoms with Crippen molar-refractivity contribution in [2.24, 2.45) is 0 Å². The van der Waals surface area contributed by atoms with Crippen LogP contribution >= 0.6 is 0 Å². The minimum Gasteiger partial charge on any atom is -0.495 e. The minimum absolute atomic E-state index is 0.0714. The molecule has 0 radical (unpaired) electrons. The lowest BCUT2D eigenvalue weighted by Gasteiger charge is -2.37. The molecule has 0 bridgehead atoms. The molecule has 5 nitrogen and oxygen atoms in total. The summed E-state index contributed by atoms with van der Waals surface area (Å²) in [5.41, 5.74) is 3.33. The quantitative estimate of drug-likeness (QED) is 0.762. The summed E-state index contributed by atoms with van der Waals surface area (Å²) in [6.45, 7) is 9.01. The van der Waals surface area contributed by atoms with Gasteiger partial charge in [0.25, 0.3) is 5.91 Å². The van der Waals surface area contributed by atoms with Crippen molar-refractivity contribution >= 4 is 11.6 Å². The van der Waals surface area contributed by atoms with E-state index in [1.54, 1.807) is 7.11 Å². The van der Waals surface area contributed by atoms with E-state index in [0.29, 0.717) is 19.5 Å². The molecule has 0 unspecified atom stereocenters. The Hall–Kier alpha value is -2.69. The molecule has 150 valence electrons. The third-order valence-corrected chi connectivity index (χ3v) is 5.26. The lowest BCUT2D eigenvalue weighted by molar-refractivity contribution is -0.139. The van der Waals surface area contributed by atoms with E-state index in [4.69, 9.17) is 9.47 Å². The second-order valence-electron chi connectivity index (χ2n) is 7.27. The van der Waals surface area contributed by atoms with Crippen LogP contribution in [0.2, 0.25) is 0 Å². The van der Waals surface area contributed by atoms with Crippen LogP contribution in [0.15, 0.2) is 42.5 Å². The maximum atomic E-state index is 13.0. The number of amides is 1. The molecule has 1 fully saturated rings. The first-order valence-corrected chi connectivity index (χ1v) is 9.94. The zero-order valence-corrected chi connectivity index (χ0v) is 17.3. The zero-order valence-electron chi connectivity index (χ0n) is 17.3. The molecule has 1 saturated heterocycles. The van der Waals surface area contributed by atoms with Gasteiger partial charge in [-0.25, -0.2) is 0 Å². The van der Waals surface area contributed by atoms with E-state index >= 15 is 0 Å². The van der Waals surface area contributed by atoms with Gasteiger partial charge in [0.1, 0.15) is 11.5 Å². The highest BCUT2D eigenvalue weighted by Crippen LogP contribution is 2.28. The zero-order chi connectivity index (χ0) is 20.1. The lowest BCUT2D eigenvalue weighted by atomic mass is 10.1. The minimum atomic E-state index is -0.445. The molecule has 3 rings (SSSR count). The first-order valence-electron chi connectivity index (χ1n) is 9.94. The summed E-state index contributed by atoms with van der Waals surface area (Å²) in [5.74, 6) is 1.73. The molecular weight excluding hydrogens is 352 g/mol. The number of para-hydroxylation sites is 2. The predicted octanol–water partition coefficient (Wildman–Crippen LogP) is 3.82. The van der Waals surface area contributed by atoms with Crippen molar-refractivity contribution in [2.75, 3.05) is 38.2 Å². The van der Waals surface area contributed by atoms with E-state index in [2.05, 4.69) is 24.0 Å². The average molecular weight is 383 g/mol. The fraction of sp³-hybridized carbons (Fsp3) is 0.435. The molecule has 2 aromatic carbocycles. The number of carbonyl (C=O) groups excluding carboxylic acids is 1. The van der Waals surface area contributed by atoms with Crippen LogP contribution < -0.4 is 14.4 Å². The van der Waals surface area contributed by atoms with Gasteiger partial charge in [0, 0.05) is 26.2 Å². The van der Waals surface area contributed by atoms with Gasteiger partial charge in [-0.05, 0) is 44.0 Å². The highest BCUT2D eigenvalue weighted by Gasteiger charge is 2.28. The maximum absolute atomic E-state index is 13.0. The lowest BCUT2D eigenvalue weighted by Crippen LogP contribution is -2.52. The summed E-state index contributed by atoms with van der Waals surface area (Å²) in [5, 5.41) is 0. The average Bonchev–Trinajstić information content (AvgIpc) is 2.73. The van der Waals surface area contributed by atoms with E-state index in [0.717, 1.165) is 35.8 Å². The summed E-state index contributed by atoms with van der Waals surface area (Å²) < 4.78 is 11.6. The van der Waals surface area contributed by atoms with Crippen molar-refractivity contribution in [3.05, 3.63) is 53.6 Å². The molecule has 0 aliphatic carbocycles. The largest absolute Gasteiger partial charge is 0.495 e. The van der Waals surface area contributed by atoms with Crippen molar-refractivity contribution in [1.82, 2.24) is 4.90 Å². The van der Waals surface area contributed by atoms with Gasteiger partial charge < -0.3 is 19.3 Å². The third kappa shape index (κ3) is 4.41. The van der Waals surface area contributed by atoms with Gasteiger partial charge in [-0.3, -0.25) is 4.79 Å². The van der Waals surface area contributed by atoms with Crippen molar-refractivity contribution in [3.8, 4) is 11.5 Å². The number of nitrogens with zero attached hydrogens (tertiary/aromatic N) is 2. The fourth-order valence-corrected chi connectivity index (χ4v) is 3.66. The van der Waals surface area contributed by atoms with Crippen LogP contribution in [0.5, 0.6) is 11.5 Å². The summed E-state index contributed by atoms with van der Waals surface area (Å²) in [7, 11) is 1.69. The van der Waals surface area contributed by atoms with Gasteiger partial charge in [0.15, 0.2) is 6.10 Å². The monoisotopic (exact) mass is 382 g/mol. The number of aryl methyl sites for hydroxylation is 2. The molecule has 2 aromatic rings. The Balaban J connectivity index is 1.63.